The maximum atomic E-state index is 14.6. The largest absolute Gasteiger partial charge is 0.206 e. The lowest BCUT2D eigenvalue weighted by Gasteiger charge is -2.08. The standard InChI is InChI=1S/C26H26FN/c1-2-3-4-5-22-14-17-25(26(27)18-22)24-15-12-21(13-16-24)7-6-20-8-10-23(19-28)11-9-20/h8-18H,2-7H2,1H3. The molecule has 0 amide bonds. The van der Waals surface area contributed by atoms with Gasteiger partial charge in [-0.3, -0.25) is 0 Å². The van der Waals surface area contributed by atoms with Gasteiger partial charge in [-0.1, -0.05) is 68.3 Å². The molecule has 0 heterocycles. The smallest absolute Gasteiger partial charge is 0.131 e. The van der Waals surface area contributed by atoms with Crippen molar-refractivity contribution in [3.63, 3.8) is 0 Å². The van der Waals surface area contributed by atoms with E-state index in [1.54, 1.807) is 6.07 Å². The number of halogens is 1. The Bertz CT molecular complexity index is 934. The van der Waals surface area contributed by atoms with Crippen LogP contribution in [0.1, 0.15) is 48.4 Å². The SMILES string of the molecule is CCCCCc1ccc(-c2ccc(CCc3ccc(C#N)cc3)cc2)c(F)c1. The molecule has 0 spiro atoms. The molecule has 0 radical (unpaired) electrons. The topological polar surface area (TPSA) is 23.8 Å². The number of nitriles is 1. The van der Waals surface area contributed by atoms with E-state index in [-0.39, 0.29) is 5.82 Å². The Labute approximate surface area is 167 Å². The molecule has 0 bridgehead atoms. The Kier molecular flexibility index (Phi) is 6.98. The second-order valence-corrected chi connectivity index (χ2v) is 7.28. The van der Waals surface area contributed by atoms with Gasteiger partial charge in [0.1, 0.15) is 5.82 Å². The molecule has 0 unspecified atom stereocenters. The molecule has 0 aliphatic heterocycles. The van der Waals surface area contributed by atoms with Crippen molar-refractivity contribution in [1.82, 2.24) is 0 Å². The first kappa shape index (κ1) is 19.8. The number of nitrogens with zero attached hydrogens (tertiary/aromatic N) is 1. The van der Waals surface area contributed by atoms with Crippen LogP contribution in [-0.4, -0.2) is 0 Å². The van der Waals surface area contributed by atoms with Crippen molar-refractivity contribution in [2.24, 2.45) is 0 Å². The monoisotopic (exact) mass is 371 g/mol. The molecule has 3 aromatic carbocycles. The molecular weight excluding hydrogens is 345 g/mol. The summed E-state index contributed by atoms with van der Waals surface area (Å²) >= 11 is 0. The predicted octanol–water partition coefficient (Wildman–Crippen LogP) is 6.88. The number of rotatable bonds is 8. The fourth-order valence-electron chi connectivity index (χ4n) is 3.41. The Hall–Kier alpha value is -2.92. The van der Waals surface area contributed by atoms with Gasteiger partial charge in [0.2, 0.25) is 0 Å². The van der Waals surface area contributed by atoms with E-state index >= 15 is 0 Å². The van der Waals surface area contributed by atoms with Crippen LogP contribution in [0.4, 0.5) is 4.39 Å². The lowest BCUT2D eigenvalue weighted by atomic mass is 9.98. The minimum absolute atomic E-state index is 0.140. The number of hydrogen-bond donors (Lipinski definition) is 0. The van der Waals surface area contributed by atoms with E-state index in [2.05, 4.69) is 25.1 Å². The Morgan fingerprint density at radius 1 is 0.750 bits per heavy atom. The molecule has 0 saturated heterocycles. The third-order valence-electron chi connectivity index (χ3n) is 5.15. The molecule has 28 heavy (non-hydrogen) atoms. The summed E-state index contributed by atoms with van der Waals surface area (Å²) in [7, 11) is 0. The summed E-state index contributed by atoms with van der Waals surface area (Å²) in [5.74, 6) is -0.140. The minimum Gasteiger partial charge on any atom is -0.206 e. The first-order chi connectivity index (χ1) is 13.7. The normalized spacial score (nSPS) is 10.6. The highest BCUT2D eigenvalue weighted by Crippen LogP contribution is 2.25. The van der Waals surface area contributed by atoms with E-state index in [0.717, 1.165) is 36.8 Å². The van der Waals surface area contributed by atoms with Crippen LogP contribution in [-0.2, 0) is 19.3 Å². The summed E-state index contributed by atoms with van der Waals surface area (Å²) in [6, 6.07) is 23.7. The zero-order valence-corrected chi connectivity index (χ0v) is 16.4. The minimum atomic E-state index is -0.140. The van der Waals surface area contributed by atoms with Crippen molar-refractivity contribution < 1.29 is 4.39 Å². The van der Waals surface area contributed by atoms with Crippen molar-refractivity contribution in [2.45, 2.75) is 45.4 Å². The van der Waals surface area contributed by atoms with Crippen LogP contribution in [0.2, 0.25) is 0 Å². The average Bonchev–Trinajstić information content (AvgIpc) is 2.73. The highest BCUT2D eigenvalue weighted by molar-refractivity contribution is 5.64. The molecule has 0 aliphatic carbocycles. The van der Waals surface area contributed by atoms with E-state index in [0.29, 0.717) is 11.1 Å². The van der Waals surface area contributed by atoms with Gasteiger partial charge in [-0.25, -0.2) is 4.39 Å². The van der Waals surface area contributed by atoms with Crippen molar-refractivity contribution >= 4 is 0 Å². The lowest BCUT2D eigenvalue weighted by molar-refractivity contribution is 0.626. The quantitative estimate of drug-likeness (QED) is 0.396. The van der Waals surface area contributed by atoms with E-state index in [9.17, 15) is 4.39 Å². The molecular formula is C26H26FN. The number of hydrogen-bond acceptors (Lipinski definition) is 1. The van der Waals surface area contributed by atoms with Gasteiger partial charge in [0.15, 0.2) is 0 Å². The van der Waals surface area contributed by atoms with Crippen LogP contribution in [0.5, 0.6) is 0 Å². The van der Waals surface area contributed by atoms with Crippen LogP contribution in [0.3, 0.4) is 0 Å². The van der Waals surface area contributed by atoms with E-state index < -0.39 is 0 Å². The first-order valence-corrected chi connectivity index (χ1v) is 10.1. The summed E-state index contributed by atoms with van der Waals surface area (Å²) in [4.78, 5) is 0. The fourth-order valence-corrected chi connectivity index (χ4v) is 3.41. The first-order valence-electron chi connectivity index (χ1n) is 10.1. The van der Waals surface area contributed by atoms with Gasteiger partial charge in [-0.15, -0.1) is 0 Å². The molecule has 0 saturated carbocycles. The van der Waals surface area contributed by atoms with E-state index in [4.69, 9.17) is 5.26 Å². The molecule has 1 nitrogen and oxygen atoms in total. The zero-order valence-electron chi connectivity index (χ0n) is 16.4. The molecule has 0 atom stereocenters. The van der Waals surface area contributed by atoms with E-state index in [1.807, 2.05) is 48.5 Å². The van der Waals surface area contributed by atoms with Crippen molar-refractivity contribution in [3.05, 3.63) is 94.8 Å². The van der Waals surface area contributed by atoms with Gasteiger partial charge in [0, 0.05) is 5.56 Å². The Morgan fingerprint density at radius 3 is 1.93 bits per heavy atom. The van der Waals surface area contributed by atoms with Gasteiger partial charge in [-0.05, 0) is 66.1 Å². The van der Waals surface area contributed by atoms with Gasteiger partial charge in [0.25, 0.3) is 0 Å². The second-order valence-electron chi connectivity index (χ2n) is 7.28. The van der Waals surface area contributed by atoms with Crippen molar-refractivity contribution in [1.29, 1.82) is 5.26 Å². The van der Waals surface area contributed by atoms with Gasteiger partial charge in [0.05, 0.1) is 11.6 Å². The summed E-state index contributed by atoms with van der Waals surface area (Å²) in [6.45, 7) is 2.18. The van der Waals surface area contributed by atoms with Gasteiger partial charge < -0.3 is 0 Å². The number of unbranched alkanes of at least 4 members (excludes halogenated alkanes) is 2. The van der Waals surface area contributed by atoms with Crippen molar-refractivity contribution in [3.8, 4) is 17.2 Å². The van der Waals surface area contributed by atoms with E-state index in [1.165, 1.54) is 24.0 Å². The second kappa shape index (κ2) is 9.85. The molecule has 0 aliphatic rings. The maximum Gasteiger partial charge on any atom is 0.131 e. The summed E-state index contributed by atoms with van der Waals surface area (Å²) in [6.07, 6.45) is 6.27. The summed E-state index contributed by atoms with van der Waals surface area (Å²) < 4.78 is 14.6. The molecule has 2 heteroatoms. The lowest BCUT2D eigenvalue weighted by Crippen LogP contribution is -1.93. The number of aryl methyl sites for hydroxylation is 3. The molecule has 0 aromatic heterocycles. The highest BCUT2D eigenvalue weighted by atomic mass is 19.1. The Balaban J connectivity index is 1.62. The average molecular weight is 371 g/mol. The van der Waals surface area contributed by atoms with Gasteiger partial charge in [-0.2, -0.15) is 5.26 Å². The van der Waals surface area contributed by atoms with Crippen LogP contribution in [0, 0.1) is 17.1 Å². The fraction of sp³-hybridized carbons (Fsp3) is 0.269. The number of benzene rings is 3. The summed E-state index contributed by atoms with van der Waals surface area (Å²) in [5.41, 5.74) is 5.79. The van der Waals surface area contributed by atoms with Crippen LogP contribution in [0.25, 0.3) is 11.1 Å². The van der Waals surface area contributed by atoms with Crippen LogP contribution >= 0.6 is 0 Å². The third-order valence-corrected chi connectivity index (χ3v) is 5.15. The zero-order chi connectivity index (χ0) is 19.8. The van der Waals surface area contributed by atoms with Crippen LogP contribution in [0.15, 0.2) is 66.7 Å². The molecule has 0 N–H and O–H groups in total. The predicted molar refractivity (Wildman–Crippen MR) is 114 cm³/mol. The Morgan fingerprint density at radius 2 is 1.36 bits per heavy atom. The molecule has 3 aromatic rings. The maximum absolute atomic E-state index is 14.6. The third kappa shape index (κ3) is 5.30. The summed E-state index contributed by atoms with van der Waals surface area (Å²) in [5, 5.41) is 8.86. The van der Waals surface area contributed by atoms with Gasteiger partial charge >= 0.3 is 0 Å². The molecule has 3 rings (SSSR count). The molecule has 0 fully saturated rings. The van der Waals surface area contributed by atoms with Crippen molar-refractivity contribution in [2.75, 3.05) is 0 Å². The molecule has 142 valence electrons. The highest BCUT2D eigenvalue weighted by Gasteiger charge is 2.07. The van der Waals surface area contributed by atoms with Crippen LogP contribution < -0.4 is 0 Å².